The molecule has 2 aromatic carbocycles. The number of furan rings is 2. The maximum absolute atomic E-state index is 13.1. The molecule has 2 heterocycles. The van der Waals surface area contributed by atoms with Crippen LogP contribution in [0.5, 0.6) is 0 Å². The lowest BCUT2D eigenvalue weighted by Crippen LogP contribution is -2.23. The van der Waals surface area contributed by atoms with E-state index >= 15 is 0 Å². The van der Waals surface area contributed by atoms with Gasteiger partial charge in [-0.05, 0) is 81.8 Å². The minimum atomic E-state index is -0.290. The highest BCUT2D eigenvalue weighted by molar-refractivity contribution is 6.09. The molecule has 4 aromatic rings. The number of hydrazone groups is 1. The zero-order valence-corrected chi connectivity index (χ0v) is 21.9. The Morgan fingerprint density at radius 2 is 1.81 bits per heavy atom. The predicted molar refractivity (Wildman–Crippen MR) is 144 cm³/mol. The van der Waals surface area contributed by atoms with Crippen LogP contribution in [0.4, 0.5) is 5.69 Å². The summed E-state index contributed by atoms with van der Waals surface area (Å²) >= 11 is 0. The van der Waals surface area contributed by atoms with Crippen LogP contribution in [-0.2, 0) is 17.6 Å². The summed E-state index contributed by atoms with van der Waals surface area (Å²) in [5, 5.41) is 8.41. The summed E-state index contributed by atoms with van der Waals surface area (Å²) in [5.74, 6) is 0.495. The number of carbonyl (C=O) groups excluding carboxylic acids is 2. The van der Waals surface area contributed by atoms with Gasteiger partial charge in [-0.1, -0.05) is 18.2 Å². The van der Waals surface area contributed by atoms with Gasteiger partial charge in [0.2, 0.25) is 5.91 Å². The van der Waals surface area contributed by atoms with Crippen molar-refractivity contribution in [1.82, 2.24) is 5.43 Å². The normalized spacial score (nSPS) is 14.1. The van der Waals surface area contributed by atoms with Gasteiger partial charge in [0, 0.05) is 34.2 Å². The van der Waals surface area contributed by atoms with Gasteiger partial charge in [-0.25, -0.2) is 5.43 Å². The predicted octanol–water partition coefficient (Wildman–Crippen LogP) is 6.22. The van der Waals surface area contributed by atoms with Crippen LogP contribution in [0.25, 0.3) is 11.0 Å². The van der Waals surface area contributed by atoms with Gasteiger partial charge in [-0.2, -0.15) is 5.10 Å². The van der Waals surface area contributed by atoms with E-state index in [0.717, 1.165) is 79.9 Å². The average Bonchev–Trinajstić information content (AvgIpc) is 3.41. The third-order valence-corrected chi connectivity index (χ3v) is 7.14. The fraction of sp³-hybridized carbons (Fsp3) is 0.300. The van der Waals surface area contributed by atoms with Crippen LogP contribution in [-0.4, -0.2) is 17.5 Å². The third kappa shape index (κ3) is 4.69. The number of carbonyl (C=O) groups is 2. The molecule has 2 N–H and O–H groups in total. The Morgan fingerprint density at radius 1 is 1.00 bits per heavy atom. The second kappa shape index (κ2) is 9.73. The maximum atomic E-state index is 13.1. The molecule has 0 unspecified atom stereocenters. The zero-order valence-electron chi connectivity index (χ0n) is 21.9. The first-order valence-electron chi connectivity index (χ1n) is 12.6. The van der Waals surface area contributed by atoms with E-state index in [1.165, 1.54) is 0 Å². The Hall–Kier alpha value is -4.13. The van der Waals surface area contributed by atoms with Gasteiger partial charge >= 0.3 is 0 Å². The van der Waals surface area contributed by atoms with Crippen LogP contribution in [0.15, 0.2) is 50.5 Å². The Balaban J connectivity index is 1.35. The molecule has 7 heteroatoms. The molecule has 0 spiro atoms. The smallest absolute Gasteiger partial charge is 0.291 e. The number of nitrogens with zero attached hydrogens (tertiary/aromatic N) is 1. The number of aryl methyl sites for hydroxylation is 4. The minimum Gasteiger partial charge on any atom is -0.464 e. The Kier molecular flexibility index (Phi) is 6.46. The second-order valence-electron chi connectivity index (χ2n) is 9.90. The first kappa shape index (κ1) is 24.6. The van der Waals surface area contributed by atoms with Gasteiger partial charge in [-0.15, -0.1) is 0 Å². The molecule has 5 rings (SSSR count). The molecule has 0 fully saturated rings. The van der Waals surface area contributed by atoms with Crippen molar-refractivity contribution in [3.8, 4) is 0 Å². The third-order valence-electron chi connectivity index (χ3n) is 7.14. The number of amides is 2. The van der Waals surface area contributed by atoms with Crippen molar-refractivity contribution >= 4 is 34.2 Å². The molecule has 1 aliphatic carbocycles. The Morgan fingerprint density at radius 3 is 2.62 bits per heavy atom. The van der Waals surface area contributed by atoms with E-state index in [-0.39, 0.29) is 24.0 Å². The molecule has 0 saturated carbocycles. The van der Waals surface area contributed by atoms with Crippen molar-refractivity contribution in [3.05, 3.63) is 87.1 Å². The van der Waals surface area contributed by atoms with E-state index in [2.05, 4.69) is 21.9 Å². The Labute approximate surface area is 215 Å². The van der Waals surface area contributed by atoms with Gasteiger partial charge < -0.3 is 14.2 Å². The highest BCUT2D eigenvalue weighted by atomic mass is 16.4. The molecule has 0 saturated heterocycles. The fourth-order valence-electron chi connectivity index (χ4n) is 5.16. The van der Waals surface area contributed by atoms with Crippen LogP contribution in [0, 0.1) is 34.6 Å². The molecule has 0 aliphatic heterocycles. The van der Waals surface area contributed by atoms with Crippen molar-refractivity contribution in [2.45, 2.75) is 60.3 Å². The van der Waals surface area contributed by atoms with E-state index in [0.29, 0.717) is 6.42 Å². The van der Waals surface area contributed by atoms with Crippen molar-refractivity contribution in [2.75, 3.05) is 5.32 Å². The number of fused-ring (bicyclic) bond motifs is 2. The molecule has 2 aromatic heterocycles. The standard InChI is InChI=1S/C30H31N3O4/c1-16-12-18(3)27-21(15-36-25(27)13-16)14-26(34)33-32-23-10-7-11-24-28(23)20(5)29(37-24)30(35)31-22-9-6-8-17(2)19(22)4/h6,8-9,12-13,15H,7,10-11,14H2,1-5H3,(H,31,35)(H,33,34)/b32-23+. The molecule has 1 aliphatic rings. The molecule has 2 amide bonds. The van der Waals surface area contributed by atoms with Crippen LogP contribution in [0.3, 0.4) is 0 Å². The minimum absolute atomic E-state index is 0.161. The molecular weight excluding hydrogens is 466 g/mol. The maximum Gasteiger partial charge on any atom is 0.291 e. The summed E-state index contributed by atoms with van der Waals surface area (Å²) in [6.45, 7) is 9.90. The summed E-state index contributed by atoms with van der Waals surface area (Å²) < 4.78 is 11.7. The number of hydrogen-bond donors (Lipinski definition) is 2. The second-order valence-corrected chi connectivity index (χ2v) is 9.90. The van der Waals surface area contributed by atoms with Crippen molar-refractivity contribution in [1.29, 1.82) is 0 Å². The summed E-state index contributed by atoms with van der Waals surface area (Å²) in [6.07, 6.45) is 4.05. The van der Waals surface area contributed by atoms with Crippen molar-refractivity contribution < 1.29 is 18.4 Å². The summed E-state index contributed by atoms with van der Waals surface area (Å²) in [6, 6.07) is 9.87. The molecular formula is C30H31N3O4. The zero-order chi connectivity index (χ0) is 26.3. The summed E-state index contributed by atoms with van der Waals surface area (Å²) in [5.41, 5.74) is 11.7. The lowest BCUT2D eigenvalue weighted by atomic mass is 9.93. The topological polar surface area (TPSA) is 96.8 Å². The van der Waals surface area contributed by atoms with Gasteiger partial charge in [0.25, 0.3) is 5.91 Å². The van der Waals surface area contributed by atoms with E-state index in [4.69, 9.17) is 8.83 Å². The van der Waals surface area contributed by atoms with Crippen LogP contribution < -0.4 is 10.7 Å². The van der Waals surface area contributed by atoms with E-state index in [1.54, 1.807) is 6.26 Å². The largest absolute Gasteiger partial charge is 0.464 e. The molecule has 0 bridgehead atoms. The monoisotopic (exact) mass is 497 g/mol. The Bertz CT molecular complexity index is 1570. The van der Waals surface area contributed by atoms with Gasteiger partial charge in [0.1, 0.15) is 11.3 Å². The van der Waals surface area contributed by atoms with Gasteiger partial charge in [0.15, 0.2) is 5.76 Å². The van der Waals surface area contributed by atoms with Crippen LogP contribution >= 0.6 is 0 Å². The first-order chi connectivity index (χ1) is 17.7. The summed E-state index contributed by atoms with van der Waals surface area (Å²) in [4.78, 5) is 25.9. The number of hydrogen-bond acceptors (Lipinski definition) is 5. The number of rotatable bonds is 5. The van der Waals surface area contributed by atoms with Gasteiger partial charge in [-0.3, -0.25) is 9.59 Å². The van der Waals surface area contributed by atoms with Crippen molar-refractivity contribution in [2.24, 2.45) is 5.10 Å². The SMILES string of the molecule is Cc1cc(C)c2c(CC(=O)N/N=C3\CCCc4oc(C(=O)Nc5cccc(C)c5C)c(C)c43)coc2c1. The number of nitrogens with one attached hydrogen (secondary N) is 2. The van der Waals surface area contributed by atoms with Crippen LogP contribution in [0.2, 0.25) is 0 Å². The summed E-state index contributed by atoms with van der Waals surface area (Å²) in [7, 11) is 0. The fourth-order valence-corrected chi connectivity index (χ4v) is 5.16. The number of anilines is 1. The average molecular weight is 498 g/mol. The molecule has 0 radical (unpaired) electrons. The van der Waals surface area contributed by atoms with E-state index < -0.39 is 0 Å². The van der Waals surface area contributed by atoms with Crippen LogP contribution in [0.1, 0.15) is 68.1 Å². The quantitative estimate of drug-likeness (QED) is 0.320. The highest BCUT2D eigenvalue weighted by Gasteiger charge is 2.28. The molecule has 190 valence electrons. The molecule has 0 atom stereocenters. The lowest BCUT2D eigenvalue weighted by Gasteiger charge is -2.13. The van der Waals surface area contributed by atoms with Crippen molar-refractivity contribution in [3.63, 3.8) is 0 Å². The molecule has 7 nitrogen and oxygen atoms in total. The van der Waals surface area contributed by atoms with Gasteiger partial charge in [0.05, 0.1) is 18.4 Å². The lowest BCUT2D eigenvalue weighted by molar-refractivity contribution is -0.120. The molecule has 37 heavy (non-hydrogen) atoms. The van der Waals surface area contributed by atoms with E-state index in [1.807, 2.05) is 58.9 Å². The number of benzene rings is 2. The highest BCUT2D eigenvalue weighted by Crippen LogP contribution is 2.31. The first-order valence-corrected chi connectivity index (χ1v) is 12.6. The van der Waals surface area contributed by atoms with E-state index in [9.17, 15) is 9.59 Å².